The number of nitrogens with zero attached hydrogens (tertiary/aromatic N) is 1. The first kappa shape index (κ1) is 18.0. The fraction of sp³-hybridized carbons (Fsp3) is 0.647. The van der Waals surface area contributed by atoms with Gasteiger partial charge in [0.05, 0.1) is 6.10 Å². The summed E-state index contributed by atoms with van der Waals surface area (Å²) in [4.78, 5) is 2.13. The number of hydrogen-bond acceptors (Lipinski definition) is 4. The van der Waals surface area contributed by atoms with Gasteiger partial charge in [-0.2, -0.15) is 0 Å². The Balaban J connectivity index is 2.37. The van der Waals surface area contributed by atoms with E-state index in [2.05, 4.69) is 4.90 Å². The first-order valence-corrected chi connectivity index (χ1v) is 7.97. The van der Waals surface area contributed by atoms with Gasteiger partial charge in [0, 0.05) is 32.0 Å². The van der Waals surface area contributed by atoms with Gasteiger partial charge in [-0.3, -0.25) is 0 Å². The smallest absolute Gasteiger partial charge is 0.0715 e. The molecule has 21 heavy (non-hydrogen) atoms. The van der Waals surface area contributed by atoms with Gasteiger partial charge < -0.3 is 20.2 Å². The summed E-state index contributed by atoms with van der Waals surface area (Å²) in [6.07, 6.45) is 5.06. The molecule has 0 aromatic heterocycles. The molecule has 0 heterocycles. The molecule has 0 radical (unpaired) electrons. The van der Waals surface area contributed by atoms with Crippen molar-refractivity contribution in [1.29, 1.82) is 0 Å². The minimum atomic E-state index is -0.349. The van der Waals surface area contributed by atoms with Gasteiger partial charge in [0.15, 0.2) is 0 Å². The molecule has 0 amide bonds. The maximum atomic E-state index is 10.2. The van der Waals surface area contributed by atoms with Crippen molar-refractivity contribution < 1.29 is 15.3 Å². The number of para-hydroxylation sites is 1. The lowest BCUT2D eigenvalue weighted by Gasteiger charge is -2.27. The zero-order chi connectivity index (χ0) is 15.3. The van der Waals surface area contributed by atoms with E-state index in [0.29, 0.717) is 13.0 Å². The fourth-order valence-corrected chi connectivity index (χ4v) is 2.42. The standard InChI is InChI=1S/C17H29NO3/c19-13-7-2-1-6-11-17(21)15-18(12-8-14-20)16-9-4-3-5-10-16/h3-5,9-10,17,19-21H,1-2,6-8,11-15H2. The first-order chi connectivity index (χ1) is 10.3. The van der Waals surface area contributed by atoms with Crippen LogP contribution in [0.4, 0.5) is 5.69 Å². The minimum Gasteiger partial charge on any atom is -0.396 e. The highest BCUT2D eigenvalue weighted by molar-refractivity contribution is 5.46. The van der Waals surface area contributed by atoms with Gasteiger partial charge in [0.2, 0.25) is 0 Å². The maximum absolute atomic E-state index is 10.2. The Labute approximate surface area is 128 Å². The minimum absolute atomic E-state index is 0.167. The summed E-state index contributed by atoms with van der Waals surface area (Å²) in [6.45, 7) is 1.78. The number of benzene rings is 1. The Bertz CT molecular complexity index is 345. The average Bonchev–Trinajstić information content (AvgIpc) is 2.52. The molecule has 1 atom stereocenters. The molecule has 0 aliphatic carbocycles. The predicted octanol–water partition coefficient (Wildman–Crippen LogP) is 2.18. The van der Waals surface area contributed by atoms with Crippen LogP contribution in [0.2, 0.25) is 0 Å². The molecule has 0 spiro atoms. The zero-order valence-corrected chi connectivity index (χ0v) is 12.8. The Morgan fingerprint density at radius 1 is 0.857 bits per heavy atom. The average molecular weight is 295 g/mol. The third-order valence-electron chi connectivity index (χ3n) is 3.58. The molecule has 4 heteroatoms. The van der Waals surface area contributed by atoms with Crippen LogP contribution in [0.3, 0.4) is 0 Å². The van der Waals surface area contributed by atoms with Crippen LogP contribution in [0, 0.1) is 0 Å². The SMILES string of the molecule is OCCCCCCC(O)CN(CCCO)c1ccccc1. The van der Waals surface area contributed by atoms with Gasteiger partial charge in [-0.15, -0.1) is 0 Å². The lowest BCUT2D eigenvalue weighted by atomic mass is 10.1. The van der Waals surface area contributed by atoms with Gasteiger partial charge in [0.1, 0.15) is 0 Å². The predicted molar refractivity (Wildman–Crippen MR) is 86.5 cm³/mol. The monoisotopic (exact) mass is 295 g/mol. The van der Waals surface area contributed by atoms with Gasteiger partial charge in [-0.05, 0) is 31.4 Å². The van der Waals surface area contributed by atoms with Crippen LogP contribution in [-0.2, 0) is 0 Å². The Morgan fingerprint density at radius 2 is 1.52 bits per heavy atom. The van der Waals surface area contributed by atoms with E-state index >= 15 is 0 Å². The summed E-state index contributed by atoms with van der Waals surface area (Å²) in [5, 5.41) is 27.9. The van der Waals surface area contributed by atoms with Crippen molar-refractivity contribution in [2.45, 2.75) is 44.6 Å². The normalized spacial score (nSPS) is 12.3. The highest BCUT2D eigenvalue weighted by atomic mass is 16.3. The largest absolute Gasteiger partial charge is 0.396 e. The molecular formula is C17H29NO3. The highest BCUT2D eigenvalue weighted by Gasteiger charge is 2.12. The van der Waals surface area contributed by atoms with Crippen LogP contribution >= 0.6 is 0 Å². The Kier molecular flexibility index (Phi) is 9.87. The van der Waals surface area contributed by atoms with Gasteiger partial charge >= 0.3 is 0 Å². The van der Waals surface area contributed by atoms with Crippen molar-refractivity contribution in [1.82, 2.24) is 0 Å². The van der Waals surface area contributed by atoms with Crippen molar-refractivity contribution in [2.24, 2.45) is 0 Å². The first-order valence-electron chi connectivity index (χ1n) is 7.97. The Morgan fingerprint density at radius 3 is 2.19 bits per heavy atom. The molecule has 3 N–H and O–H groups in total. The number of aliphatic hydroxyl groups excluding tert-OH is 3. The lowest BCUT2D eigenvalue weighted by Crippen LogP contribution is -2.33. The Hall–Kier alpha value is -1.10. The van der Waals surface area contributed by atoms with E-state index in [-0.39, 0.29) is 19.3 Å². The van der Waals surface area contributed by atoms with Crippen molar-refractivity contribution >= 4 is 5.69 Å². The number of aliphatic hydroxyl groups is 3. The summed E-state index contributed by atoms with van der Waals surface area (Å²) < 4.78 is 0. The van der Waals surface area contributed by atoms with Crippen LogP contribution in [0.5, 0.6) is 0 Å². The quantitative estimate of drug-likeness (QED) is 0.517. The lowest BCUT2D eigenvalue weighted by molar-refractivity contribution is 0.164. The summed E-state index contributed by atoms with van der Waals surface area (Å²) in [7, 11) is 0. The maximum Gasteiger partial charge on any atom is 0.0715 e. The molecule has 1 unspecified atom stereocenters. The van der Waals surface area contributed by atoms with Crippen molar-refractivity contribution in [3.63, 3.8) is 0 Å². The van der Waals surface area contributed by atoms with E-state index in [1.165, 1.54) is 0 Å². The molecule has 0 aliphatic rings. The van der Waals surface area contributed by atoms with Crippen molar-refractivity contribution in [3.8, 4) is 0 Å². The summed E-state index contributed by atoms with van der Waals surface area (Å²) >= 11 is 0. The van der Waals surface area contributed by atoms with E-state index in [1.54, 1.807) is 0 Å². The summed E-state index contributed by atoms with van der Waals surface area (Å²) in [5.41, 5.74) is 1.09. The second kappa shape index (κ2) is 11.5. The zero-order valence-electron chi connectivity index (χ0n) is 12.8. The molecule has 0 aliphatic heterocycles. The topological polar surface area (TPSA) is 63.9 Å². The molecule has 0 bridgehead atoms. The molecule has 0 saturated heterocycles. The highest BCUT2D eigenvalue weighted by Crippen LogP contribution is 2.15. The van der Waals surface area contributed by atoms with Crippen LogP contribution in [-0.4, -0.2) is 47.7 Å². The van der Waals surface area contributed by atoms with E-state index in [4.69, 9.17) is 10.2 Å². The van der Waals surface area contributed by atoms with E-state index in [0.717, 1.165) is 44.3 Å². The second-order valence-corrected chi connectivity index (χ2v) is 5.44. The summed E-state index contributed by atoms with van der Waals surface area (Å²) in [5.74, 6) is 0. The van der Waals surface area contributed by atoms with Crippen LogP contribution < -0.4 is 4.90 Å². The van der Waals surface area contributed by atoms with E-state index in [1.807, 2.05) is 30.3 Å². The van der Waals surface area contributed by atoms with Crippen LogP contribution in [0.15, 0.2) is 30.3 Å². The van der Waals surface area contributed by atoms with Gasteiger partial charge in [-0.1, -0.05) is 37.5 Å². The molecule has 0 saturated carbocycles. The molecule has 0 fully saturated rings. The third kappa shape index (κ3) is 8.05. The third-order valence-corrected chi connectivity index (χ3v) is 3.58. The fourth-order valence-electron chi connectivity index (χ4n) is 2.42. The molecule has 1 rings (SSSR count). The number of hydrogen-bond donors (Lipinski definition) is 3. The number of rotatable bonds is 12. The molecule has 1 aromatic carbocycles. The number of unbranched alkanes of at least 4 members (excludes halogenated alkanes) is 3. The molecular weight excluding hydrogens is 266 g/mol. The van der Waals surface area contributed by atoms with Gasteiger partial charge in [0.25, 0.3) is 0 Å². The van der Waals surface area contributed by atoms with E-state index < -0.39 is 0 Å². The number of anilines is 1. The molecule has 120 valence electrons. The van der Waals surface area contributed by atoms with Crippen LogP contribution in [0.25, 0.3) is 0 Å². The van der Waals surface area contributed by atoms with Gasteiger partial charge in [-0.25, -0.2) is 0 Å². The van der Waals surface area contributed by atoms with Crippen molar-refractivity contribution in [2.75, 3.05) is 31.2 Å². The summed E-state index contributed by atoms with van der Waals surface area (Å²) in [6, 6.07) is 10.0. The molecule has 4 nitrogen and oxygen atoms in total. The van der Waals surface area contributed by atoms with Crippen molar-refractivity contribution in [3.05, 3.63) is 30.3 Å². The van der Waals surface area contributed by atoms with E-state index in [9.17, 15) is 5.11 Å². The molecule has 1 aromatic rings. The van der Waals surface area contributed by atoms with Crippen LogP contribution in [0.1, 0.15) is 38.5 Å². The second-order valence-electron chi connectivity index (χ2n) is 5.44.